The molecule has 108 valence electrons. The predicted molar refractivity (Wildman–Crippen MR) is 76.3 cm³/mol. The third-order valence-corrected chi connectivity index (χ3v) is 3.21. The van der Waals surface area contributed by atoms with E-state index in [0.717, 1.165) is 25.7 Å². The Kier molecular flexibility index (Phi) is 10.0. The molecule has 0 rings (SSSR count). The van der Waals surface area contributed by atoms with E-state index in [1.165, 1.54) is 38.5 Å². The van der Waals surface area contributed by atoms with E-state index in [4.69, 9.17) is 5.73 Å². The van der Waals surface area contributed by atoms with E-state index in [1.54, 1.807) is 0 Å². The van der Waals surface area contributed by atoms with Crippen molar-refractivity contribution in [1.29, 1.82) is 0 Å². The summed E-state index contributed by atoms with van der Waals surface area (Å²) >= 11 is 0. The van der Waals surface area contributed by atoms with Crippen molar-refractivity contribution in [3.8, 4) is 0 Å². The Hall–Kier alpha value is -0.570. The second-order valence-corrected chi connectivity index (χ2v) is 5.96. The molecule has 0 aliphatic carbocycles. The van der Waals surface area contributed by atoms with Crippen LogP contribution < -0.4 is 5.73 Å². The SMILES string of the molecule is CC(C)(O)CCCCCCCCCCCC(N)=O. The van der Waals surface area contributed by atoms with Gasteiger partial charge in [0.25, 0.3) is 0 Å². The number of hydrogen-bond acceptors (Lipinski definition) is 2. The summed E-state index contributed by atoms with van der Waals surface area (Å²) in [5, 5.41) is 9.55. The van der Waals surface area contributed by atoms with Crippen LogP contribution in [0, 0.1) is 0 Å². The summed E-state index contributed by atoms with van der Waals surface area (Å²) in [6.07, 6.45) is 12.2. The first-order valence-corrected chi connectivity index (χ1v) is 7.42. The van der Waals surface area contributed by atoms with Crippen LogP contribution in [0.15, 0.2) is 0 Å². The first kappa shape index (κ1) is 17.4. The monoisotopic (exact) mass is 257 g/mol. The first-order valence-electron chi connectivity index (χ1n) is 7.42. The molecular formula is C15H31NO2. The molecule has 0 fully saturated rings. The zero-order chi connectivity index (χ0) is 13.9. The van der Waals surface area contributed by atoms with Gasteiger partial charge in [0, 0.05) is 6.42 Å². The topological polar surface area (TPSA) is 63.3 Å². The number of amides is 1. The van der Waals surface area contributed by atoms with Gasteiger partial charge in [-0.15, -0.1) is 0 Å². The van der Waals surface area contributed by atoms with E-state index in [0.29, 0.717) is 6.42 Å². The van der Waals surface area contributed by atoms with Gasteiger partial charge in [-0.1, -0.05) is 51.4 Å². The lowest BCUT2D eigenvalue weighted by atomic mass is 9.99. The van der Waals surface area contributed by atoms with Gasteiger partial charge in [0.15, 0.2) is 0 Å². The molecule has 0 aromatic carbocycles. The van der Waals surface area contributed by atoms with Crippen molar-refractivity contribution < 1.29 is 9.90 Å². The summed E-state index contributed by atoms with van der Waals surface area (Å²) in [5.41, 5.74) is 4.58. The van der Waals surface area contributed by atoms with Gasteiger partial charge in [-0.2, -0.15) is 0 Å². The number of carbonyl (C=O) groups is 1. The fourth-order valence-electron chi connectivity index (χ4n) is 2.09. The molecule has 0 radical (unpaired) electrons. The normalized spacial score (nSPS) is 11.7. The van der Waals surface area contributed by atoms with Crippen LogP contribution in [0.4, 0.5) is 0 Å². The Labute approximate surface area is 112 Å². The molecule has 0 aromatic heterocycles. The lowest BCUT2D eigenvalue weighted by molar-refractivity contribution is -0.118. The number of aliphatic hydroxyl groups is 1. The van der Waals surface area contributed by atoms with Crippen molar-refractivity contribution in [3.05, 3.63) is 0 Å². The number of carbonyl (C=O) groups excluding carboxylic acids is 1. The lowest BCUT2D eigenvalue weighted by Crippen LogP contribution is -2.17. The third-order valence-electron chi connectivity index (χ3n) is 3.21. The van der Waals surface area contributed by atoms with E-state index < -0.39 is 5.60 Å². The highest BCUT2D eigenvalue weighted by Crippen LogP contribution is 2.15. The van der Waals surface area contributed by atoms with Gasteiger partial charge in [0.2, 0.25) is 5.91 Å². The van der Waals surface area contributed by atoms with Crippen LogP contribution in [0.3, 0.4) is 0 Å². The van der Waals surface area contributed by atoms with Crippen molar-refractivity contribution in [2.45, 2.75) is 90.1 Å². The zero-order valence-corrected chi connectivity index (χ0v) is 12.2. The minimum atomic E-state index is -0.500. The molecule has 1 amide bonds. The molecule has 0 bridgehead atoms. The number of nitrogens with two attached hydrogens (primary N) is 1. The van der Waals surface area contributed by atoms with Crippen LogP contribution in [0.1, 0.15) is 84.5 Å². The highest BCUT2D eigenvalue weighted by Gasteiger charge is 2.10. The maximum atomic E-state index is 10.5. The van der Waals surface area contributed by atoms with Gasteiger partial charge in [-0.05, 0) is 26.7 Å². The van der Waals surface area contributed by atoms with Crippen LogP contribution in [0.5, 0.6) is 0 Å². The van der Waals surface area contributed by atoms with Gasteiger partial charge < -0.3 is 10.8 Å². The van der Waals surface area contributed by atoms with Crippen molar-refractivity contribution in [2.24, 2.45) is 5.73 Å². The summed E-state index contributed by atoms with van der Waals surface area (Å²) in [6.45, 7) is 3.75. The second-order valence-electron chi connectivity index (χ2n) is 5.96. The molecule has 0 aliphatic heterocycles. The molecule has 0 spiro atoms. The second kappa shape index (κ2) is 10.4. The van der Waals surface area contributed by atoms with Crippen LogP contribution in [0.25, 0.3) is 0 Å². The highest BCUT2D eigenvalue weighted by atomic mass is 16.3. The van der Waals surface area contributed by atoms with Gasteiger partial charge in [0.05, 0.1) is 5.60 Å². The van der Waals surface area contributed by atoms with E-state index in [-0.39, 0.29) is 5.91 Å². The average Bonchev–Trinajstić information content (AvgIpc) is 2.24. The molecule has 3 N–H and O–H groups in total. The summed E-state index contributed by atoms with van der Waals surface area (Å²) in [4.78, 5) is 10.5. The molecule has 0 heterocycles. The van der Waals surface area contributed by atoms with Gasteiger partial charge >= 0.3 is 0 Å². The van der Waals surface area contributed by atoms with Crippen LogP contribution in [-0.4, -0.2) is 16.6 Å². The number of primary amides is 1. The molecule has 0 saturated carbocycles. The first-order chi connectivity index (χ1) is 8.42. The Morgan fingerprint density at radius 2 is 1.28 bits per heavy atom. The maximum absolute atomic E-state index is 10.5. The van der Waals surface area contributed by atoms with Crippen molar-refractivity contribution in [2.75, 3.05) is 0 Å². The molecule has 18 heavy (non-hydrogen) atoms. The van der Waals surface area contributed by atoms with E-state index in [9.17, 15) is 9.90 Å². The van der Waals surface area contributed by atoms with Crippen LogP contribution in [-0.2, 0) is 4.79 Å². The molecule has 0 saturated heterocycles. The summed E-state index contributed by atoms with van der Waals surface area (Å²) in [6, 6.07) is 0. The fourth-order valence-corrected chi connectivity index (χ4v) is 2.09. The largest absolute Gasteiger partial charge is 0.390 e. The van der Waals surface area contributed by atoms with E-state index >= 15 is 0 Å². The molecule has 0 aliphatic rings. The molecule has 0 aromatic rings. The maximum Gasteiger partial charge on any atom is 0.217 e. The van der Waals surface area contributed by atoms with Crippen LogP contribution >= 0.6 is 0 Å². The summed E-state index contributed by atoms with van der Waals surface area (Å²) < 4.78 is 0. The standard InChI is InChI=1S/C15H31NO2/c1-15(2,18)13-11-9-7-5-3-4-6-8-10-12-14(16)17/h18H,3-13H2,1-2H3,(H2,16,17). The number of rotatable bonds is 12. The van der Waals surface area contributed by atoms with Gasteiger partial charge in [0.1, 0.15) is 0 Å². The Morgan fingerprint density at radius 1 is 0.889 bits per heavy atom. The predicted octanol–water partition coefficient (Wildman–Crippen LogP) is 3.53. The van der Waals surface area contributed by atoms with Gasteiger partial charge in [-0.3, -0.25) is 4.79 Å². The van der Waals surface area contributed by atoms with E-state index in [2.05, 4.69) is 0 Å². The molecule has 3 nitrogen and oxygen atoms in total. The molecule has 0 atom stereocenters. The smallest absolute Gasteiger partial charge is 0.217 e. The average molecular weight is 257 g/mol. The van der Waals surface area contributed by atoms with Crippen molar-refractivity contribution in [3.63, 3.8) is 0 Å². The van der Waals surface area contributed by atoms with Crippen molar-refractivity contribution >= 4 is 5.91 Å². The molecule has 3 heteroatoms. The fraction of sp³-hybridized carbons (Fsp3) is 0.933. The minimum Gasteiger partial charge on any atom is -0.390 e. The zero-order valence-electron chi connectivity index (χ0n) is 12.2. The third kappa shape index (κ3) is 15.4. The Bertz CT molecular complexity index is 209. The van der Waals surface area contributed by atoms with Crippen molar-refractivity contribution in [1.82, 2.24) is 0 Å². The molecule has 0 unspecified atom stereocenters. The van der Waals surface area contributed by atoms with Gasteiger partial charge in [-0.25, -0.2) is 0 Å². The summed E-state index contributed by atoms with van der Waals surface area (Å²) in [7, 11) is 0. The Morgan fingerprint density at radius 3 is 1.67 bits per heavy atom. The van der Waals surface area contributed by atoms with Crippen LogP contribution in [0.2, 0.25) is 0 Å². The van der Waals surface area contributed by atoms with E-state index in [1.807, 2.05) is 13.8 Å². The quantitative estimate of drug-likeness (QED) is 0.525. The Balaban J connectivity index is 3.06. The summed E-state index contributed by atoms with van der Waals surface area (Å²) in [5.74, 6) is -0.179. The highest BCUT2D eigenvalue weighted by molar-refractivity contribution is 5.73. The lowest BCUT2D eigenvalue weighted by Gasteiger charge is -2.16. The number of hydrogen-bond donors (Lipinski definition) is 2. The molecular weight excluding hydrogens is 226 g/mol. The minimum absolute atomic E-state index is 0.179. The number of unbranched alkanes of at least 4 members (excludes halogenated alkanes) is 8.